The number of furan rings is 2. The molecule has 218 valence electrons. The quantitative estimate of drug-likeness (QED) is 0.205. The molecule has 0 atom stereocenters. The van der Waals surface area contributed by atoms with Crippen LogP contribution in [-0.2, 0) is 5.41 Å². The average Bonchev–Trinajstić information content (AvgIpc) is 3.74. The molecule has 3 nitrogen and oxygen atoms in total. The van der Waals surface area contributed by atoms with Crippen LogP contribution >= 0.6 is 0 Å². The van der Waals surface area contributed by atoms with Crippen molar-refractivity contribution in [2.24, 2.45) is 0 Å². The van der Waals surface area contributed by atoms with E-state index in [9.17, 15) is 0 Å². The maximum Gasteiger partial charge on any atom is 0.147 e. The number of para-hydroxylation sites is 2. The molecule has 1 aliphatic carbocycles. The van der Waals surface area contributed by atoms with Crippen molar-refractivity contribution >= 4 is 71.7 Å². The van der Waals surface area contributed by atoms with Crippen LogP contribution in [0, 0.1) is 0 Å². The second-order valence-electron chi connectivity index (χ2n) is 12.9. The fourth-order valence-corrected chi connectivity index (χ4v) is 7.88. The van der Waals surface area contributed by atoms with Gasteiger partial charge in [0.25, 0.3) is 0 Å². The Bertz CT molecular complexity index is 2670. The monoisotopic (exact) mass is 591 g/mol. The Morgan fingerprint density at radius 2 is 1.07 bits per heavy atom. The van der Waals surface area contributed by atoms with Gasteiger partial charge in [-0.25, -0.2) is 0 Å². The van der Waals surface area contributed by atoms with Crippen molar-refractivity contribution in [2.45, 2.75) is 19.3 Å². The van der Waals surface area contributed by atoms with Crippen LogP contribution in [0.4, 0.5) is 17.1 Å². The molecule has 0 bridgehead atoms. The summed E-state index contributed by atoms with van der Waals surface area (Å²) in [4.78, 5) is 2.33. The number of fused-ring (bicyclic) bond motifs is 13. The number of anilines is 3. The third-order valence-corrected chi connectivity index (χ3v) is 10.0. The van der Waals surface area contributed by atoms with Crippen LogP contribution in [-0.4, -0.2) is 0 Å². The first-order valence-corrected chi connectivity index (χ1v) is 15.9. The Balaban J connectivity index is 1.22. The third-order valence-electron chi connectivity index (χ3n) is 10.0. The topological polar surface area (TPSA) is 29.5 Å². The maximum atomic E-state index is 6.80. The number of benzene rings is 7. The van der Waals surface area contributed by atoms with Gasteiger partial charge < -0.3 is 13.7 Å². The zero-order valence-corrected chi connectivity index (χ0v) is 25.5. The molecule has 1 aliphatic rings. The SMILES string of the molecule is CC1(C)c2ccccc2-c2ccc(N(c3ccccc3)c3ccc4c(c3)oc3c5ccccc5c5c6ccccc6oc5c43)cc21. The number of rotatable bonds is 3. The van der Waals surface area contributed by atoms with Gasteiger partial charge in [0, 0.05) is 50.1 Å². The van der Waals surface area contributed by atoms with E-state index in [-0.39, 0.29) is 5.41 Å². The summed E-state index contributed by atoms with van der Waals surface area (Å²) in [5, 5.41) is 6.56. The molecule has 2 heterocycles. The van der Waals surface area contributed by atoms with E-state index < -0.39 is 0 Å². The number of hydrogen-bond acceptors (Lipinski definition) is 3. The molecule has 0 unspecified atom stereocenters. The van der Waals surface area contributed by atoms with Gasteiger partial charge in [-0.1, -0.05) is 105 Å². The molecular formula is C43H29NO2. The molecule has 0 amide bonds. The second-order valence-corrected chi connectivity index (χ2v) is 12.9. The van der Waals surface area contributed by atoms with Crippen molar-refractivity contribution in [3.05, 3.63) is 151 Å². The fraction of sp³-hybridized carbons (Fsp3) is 0.0698. The highest BCUT2D eigenvalue weighted by Crippen LogP contribution is 2.51. The lowest BCUT2D eigenvalue weighted by atomic mass is 9.82. The molecule has 7 aromatic carbocycles. The van der Waals surface area contributed by atoms with Crippen molar-refractivity contribution in [3.8, 4) is 11.1 Å². The largest absolute Gasteiger partial charge is 0.455 e. The third kappa shape index (κ3) is 3.37. The van der Waals surface area contributed by atoms with Gasteiger partial charge in [-0.2, -0.15) is 0 Å². The molecule has 46 heavy (non-hydrogen) atoms. The van der Waals surface area contributed by atoms with Crippen molar-refractivity contribution in [2.75, 3.05) is 4.90 Å². The minimum Gasteiger partial charge on any atom is -0.455 e. The van der Waals surface area contributed by atoms with Crippen LogP contribution in [0.1, 0.15) is 25.0 Å². The molecule has 0 aliphatic heterocycles. The van der Waals surface area contributed by atoms with Crippen molar-refractivity contribution in [1.29, 1.82) is 0 Å². The van der Waals surface area contributed by atoms with Crippen LogP contribution in [0.25, 0.3) is 65.8 Å². The summed E-state index contributed by atoms with van der Waals surface area (Å²) in [7, 11) is 0. The van der Waals surface area contributed by atoms with E-state index in [0.717, 1.165) is 71.7 Å². The van der Waals surface area contributed by atoms with E-state index in [2.05, 4.69) is 146 Å². The molecule has 0 spiro atoms. The molecule has 10 rings (SSSR count). The van der Waals surface area contributed by atoms with Gasteiger partial charge >= 0.3 is 0 Å². The van der Waals surface area contributed by atoms with E-state index in [1.165, 1.54) is 22.3 Å². The summed E-state index contributed by atoms with van der Waals surface area (Å²) in [5.74, 6) is 0. The molecule has 0 saturated carbocycles. The van der Waals surface area contributed by atoms with Crippen LogP contribution < -0.4 is 4.90 Å². The van der Waals surface area contributed by atoms with Gasteiger partial charge in [0.15, 0.2) is 0 Å². The smallest absolute Gasteiger partial charge is 0.147 e. The molecule has 2 aromatic heterocycles. The van der Waals surface area contributed by atoms with Gasteiger partial charge in [-0.15, -0.1) is 0 Å². The lowest BCUT2D eigenvalue weighted by Gasteiger charge is -2.28. The van der Waals surface area contributed by atoms with E-state index in [1.54, 1.807) is 0 Å². The summed E-state index contributed by atoms with van der Waals surface area (Å²) < 4.78 is 13.4. The maximum absolute atomic E-state index is 6.80. The summed E-state index contributed by atoms with van der Waals surface area (Å²) >= 11 is 0. The standard InChI is InChI=1S/C43H29NO2/c1-43(2)35-18-10-8-14-29(35)30-22-20-27(24-36(30)43)44(26-12-4-3-5-13-26)28-21-23-34-38(25-28)46-41-32-16-7-6-15-31(32)39-33-17-9-11-19-37(33)45-42(39)40(34)41/h3-25H,1-2H3. The van der Waals surface area contributed by atoms with Gasteiger partial charge in [0.1, 0.15) is 22.3 Å². The number of nitrogens with zero attached hydrogens (tertiary/aromatic N) is 1. The average molecular weight is 592 g/mol. The van der Waals surface area contributed by atoms with Crippen LogP contribution in [0.2, 0.25) is 0 Å². The molecule has 0 radical (unpaired) electrons. The Kier molecular flexibility index (Phi) is 5.06. The van der Waals surface area contributed by atoms with Gasteiger partial charge in [0.2, 0.25) is 0 Å². The predicted molar refractivity (Wildman–Crippen MR) is 191 cm³/mol. The first-order chi connectivity index (χ1) is 22.6. The lowest BCUT2D eigenvalue weighted by molar-refractivity contribution is 0.660. The second kappa shape index (κ2) is 9.12. The van der Waals surface area contributed by atoms with Crippen molar-refractivity contribution in [1.82, 2.24) is 0 Å². The van der Waals surface area contributed by atoms with E-state index in [4.69, 9.17) is 8.83 Å². The van der Waals surface area contributed by atoms with E-state index in [1.807, 2.05) is 12.1 Å². The minimum absolute atomic E-state index is 0.0913. The highest BCUT2D eigenvalue weighted by atomic mass is 16.3. The van der Waals surface area contributed by atoms with Crippen molar-refractivity contribution in [3.63, 3.8) is 0 Å². The van der Waals surface area contributed by atoms with Crippen LogP contribution in [0.3, 0.4) is 0 Å². The highest BCUT2D eigenvalue weighted by Gasteiger charge is 2.35. The highest BCUT2D eigenvalue weighted by molar-refractivity contribution is 6.33. The Labute approximate surface area is 265 Å². The van der Waals surface area contributed by atoms with Crippen LogP contribution in [0.5, 0.6) is 0 Å². The van der Waals surface area contributed by atoms with Gasteiger partial charge in [0.05, 0.1) is 5.39 Å². The minimum atomic E-state index is -0.0913. The van der Waals surface area contributed by atoms with E-state index >= 15 is 0 Å². The summed E-state index contributed by atoms with van der Waals surface area (Å²) in [6.45, 7) is 4.66. The lowest BCUT2D eigenvalue weighted by Crippen LogP contribution is -2.16. The fourth-order valence-electron chi connectivity index (χ4n) is 7.88. The molecule has 0 fully saturated rings. The van der Waals surface area contributed by atoms with Crippen molar-refractivity contribution < 1.29 is 8.83 Å². The molecular weight excluding hydrogens is 562 g/mol. The molecule has 3 heteroatoms. The molecule has 0 saturated heterocycles. The summed E-state index contributed by atoms with van der Waals surface area (Å²) in [6.07, 6.45) is 0. The van der Waals surface area contributed by atoms with E-state index in [0.29, 0.717) is 0 Å². The zero-order chi connectivity index (χ0) is 30.6. The Hall–Kier alpha value is -5.80. The first-order valence-electron chi connectivity index (χ1n) is 15.9. The van der Waals surface area contributed by atoms with Crippen LogP contribution in [0.15, 0.2) is 148 Å². The first kappa shape index (κ1) is 25.5. The number of hydrogen-bond donors (Lipinski definition) is 0. The molecule has 9 aromatic rings. The summed E-state index contributed by atoms with van der Waals surface area (Å²) in [6, 6.07) is 49.7. The zero-order valence-electron chi connectivity index (χ0n) is 25.5. The normalized spacial score (nSPS) is 13.6. The summed E-state index contributed by atoms with van der Waals surface area (Å²) in [5.41, 5.74) is 12.0. The Morgan fingerprint density at radius 3 is 1.93 bits per heavy atom. The predicted octanol–water partition coefficient (Wildman–Crippen LogP) is 12.4. The Morgan fingerprint density at radius 1 is 0.435 bits per heavy atom. The van der Waals surface area contributed by atoms with Gasteiger partial charge in [-0.3, -0.25) is 0 Å². The van der Waals surface area contributed by atoms with Gasteiger partial charge in [-0.05, 0) is 70.1 Å². The molecule has 0 N–H and O–H groups in total.